The SMILES string of the molecule is Cc1cccc(Cl)c1NC(=O)/N=C1/CCC(C)N1C. The fourth-order valence-electron chi connectivity index (χ4n) is 2.14. The van der Waals surface area contributed by atoms with Gasteiger partial charge < -0.3 is 10.2 Å². The molecular weight excluding hydrogens is 262 g/mol. The predicted molar refractivity (Wildman–Crippen MR) is 79.1 cm³/mol. The number of urea groups is 1. The van der Waals surface area contributed by atoms with Crippen molar-refractivity contribution in [2.75, 3.05) is 12.4 Å². The number of nitrogens with zero attached hydrogens (tertiary/aromatic N) is 2. The van der Waals surface area contributed by atoms with Crippen LogP contribution in [0.3, 0.4) is 0 Å². The summed E-state index contributed by atoms with van der Waals surface area (Å²) in [6.45, 7) is 4.02. The van der Waals surface area contributed by atoms with E-state index in [2.05, 4.69) is 17.2 Å². The Hall–Kier alpha value is -1.55. The largest absolute Gasteiger partial charge is 0.360 e. The molecule has 0 saturated carbocycles. The van der Waals surface area contributed by atoms with Gasteiger partial charge in [0.1, 0.15) is 5.84 Å². The van der Waals surface area contributed by atoms with Crippen molar-refractivity contribution >= 4 is 29.2 Å². The van der Waals surface area contributed by atoms with E-state index in [0.29, 0.717) is 16.8 Å². The van der Waals surface area contributed by atoms with Crippen LogP contribution in [-0.2, 0) is 0 Å². The number of benzene rings is 1. The fourth-order valence-corrected chi connectivity index (χ4v) is 2.41. The molecule has 4 nitrogen and oxygen atoms in total. The van der Waals surface area contributed by atoms with E-state index in [1.54, 1.807) is 6.07 Å². The molecule has 1 aliphatic heterocycles. The Balaban J connectivity index is 2.12. The molecule has 0 aliphatic carbocycles. The van der Waals surface area contributed by atoms with Crippen molar-refractivity contribution in [3.63, 3.8) is 0 Å². The van der Waals surface area contributed by atoms with Crippen molar-refractivity contribution in [2.45, 2.75) is 32.7 Å². The maximum Gasteiger partial charge on any atom is 0.347 e. The van der Waals surface area contributed by atoms with Gasteiger partial charge in [-0.15, -0.1) is 0 Å². The van der Waals surface area contributed by atoms with Gasteiger partial charge in [-0.1, -0.05) is 23.7 Å². The first-order valence-electron chi connectivity index (χ1n) is 6.35. The number of aliphatic imine (C=N–C) groups is 1. The van der Waals surface area contributed by atoms with Crippen LogP contribution in [-0.4, -0.2) is 29.9 Å². The van der Waals surface area contributed by atoms with Gasteiger partial charge in [-0.05, 0) is 31.9 Å². The minimum atomic E-state index is -0.368. The molecule has 19 heavy (non-hydrogen) atoms. The topological polar surface area (TPSA) is 44.7 Å². The van der Waals surface area contributed by atoms with Gasteiger partial charge in [0.2, 0.25) is 0 Å². The lowest BCUT2D eigenvalue weighted by Gasteiger charge is -2.17. The van der Waals surface area contributed by atoms with Crippen LogP contribution in [0.4, 0.5) is 10.5 Å². The molecule has 0 spiro atoms. The first-order chi connectivity index (χ1) is 8.99. The van der Waals surface area contributed by atoms with E-state index in [0.717, 1.165) is 24.2 Å². The minimum absolute atomic E-state index is 0.368. The zero-order valence-electron chi connectivity index (χ0n) is 11.4. The third-order valence-corrected chi connectivity index (χ3v) is 3.85. The number of hydrogen-bond donors (Lipinski definition) is 1. The van der Waals surface area contributed by atoms with Crippen LogP contribution >= 0.6 is 11.6 Å². The normalized spacial score (nSPS) is 20.9. The van der Waals surface area contributed by atoms with Crippen LogP contribution < -0.4 is 5.32 Å². The summed E-state index contributed by atoms with van der Waals surface area (Å²) in [5.74, 6) is 0.828. The van der Waals surface area contributed by atoms with Gasteiger partial charge in [0.05, 0.1) is 10.7 Å². The highest BCUT2D eigenvalue weighted by atomic mass is 35.5. The average Bonchev–Trinajstić information content (AvgIpc) is 2.66. The summed E-state index contributed by atoms with van der Waals surface area (Å²) in [6.07, 6.45) is 1.88. The zero-order valence-corrected chi connectivity index (χ0v) is 12.2. The highest BCUT2D eigenvalue weighted by Gasteiger charge is 2.23. The summed E-state index contributed by atoms with van der Waals surface area (Å²) >= 11 is 6.07. The first kappa shape index (κ1) is 13.9. The standard InChI is InChI=1S/C14H18ClN3O/c1-9-5-4-6-11(15)13(9)17-14(19)16-12-8-7-10(2)18(12)3/h4-6,10H,7-8H2,1-3H3,(H,17,19)/b16-12-. The number of likely N-dealkylation sites (tertiary alicyclic amines) is 1. The van der Waals surface area contributed by atoms with Gasteiger partial charge in [-0.25, -0.2) is 4.79 Å². The molecule has 5 heteroatoms. The third-order valence-electron chi connectivity index (χ3n) is 3.54. The predicted octanol–water partition coefficient (Wildman–Crippen LogP) is 3.69. The number of rotatable bonds is 1. The van der Waals surface area contributed by atoms with Gasteiger partial charge in [0.15, 0.2) is 0 Å². The van der Waals surface area contributed by atoms with Crippen molar-refractivity contribution in [3.05, 3.63) is 28.8 Å². The molecule has 102 valence electrons. The molecule has 1 aromatic carbocycles. The maximum atomic E-state index is 11.9. The Morgan fingerprint density at radius 2 is 2.26 bits per heavy atom. The van der Waals surface area contributed by atoms with Crippen LogP contribution in [0.15, 0.2) is 23.2 Å². The Kier molecular flexibility index (Phi) is 4.10. The number of nitrogens with one attached hydrogen (secondary N) is 1. The second-order valence-electron chi connectivity index (χ2n) is 4.89. The molecule has 2 rings (SSSR count). The molecule has 1 aromatic rings. The maximum absolute atomic E-state index is 11.9. The molecule has 0 radical (unpaired) electrons. The monoisotopic (exact) mass is 279 g/mol. The third kappa shape index (κ3) is 3.07. The lowest BCUT2D eigenvalue weighted by Crippen LogP contribution is -2.27. The second kappa shape index (κ2) is 5.61. The number of carbonyl (C=O) groups is 1. The number of anilines is 1. The van der Waals surface area contributed by atoms with Gasteiger partial charge in [0.25, 0.3) is 0 Å². The van der Waals surface area contributed by atoms with E-state index >= 15 is 0 Å². The molecule has 1 N–H and O–H groups in total. The quantitative estimate of drug-likeness (QED) is 0.852. The Labute approximate surface area is 118 Å². The van der Waals surface area contributed by atoms with E-state index in [9.17, 15) is 4.79 Å². The first-order valence-corrected chi connectivity index (χ1v) is 6.73. The highest BCUT2D eigenvalue weighted by Crippen LogP contribution is 2.25. The molecule has 2 amide bonds. The molecule has 0 aromatic heterocycles. The van der Waals surface area contributed by atoms with E-state index < -0.39 is 0 Å². The number of amidine groups is 1. The Morgan fingerprint density at radius 3 is 2.84 bits per heavy atom. The molecule has 0 bridgehead atoms. The average molecular weight is 280 g/mol. The lowest BCUT2D eigenvalue weighted by molar-refractivity contribution is 0.259. The summed E-state index contributed by atoms with van der Waals surface area (Å²) < 4.78 is 0. The van der Waals surface area contributed by atoms with Crippen molar-refractivity contribution in [1.82, 2.24) is 4.90 Å². The number of aryl methyl sites for hydroxylation is 1. The fraction of sp³-hybridized carbons (Fsp3) is 0.429. The number of amides is 2. The van der Waals surface area contributed by atoms with E-state index in [1.807, 2.05) is 31.0 Å². The molecule has 1 fully saturated rings. The van der Waals surface area contributed by atoms with E-state index in [1.165, 1.54) is 0 Å². The van der Waals surface area contributed by atoms with E-state index in [4.69, 9.17) is 11.6 Å². The Morgan fingerprint density at radius 1 is 1.53 bits per heavy atom. The van der Waals surface area contributed by atoms with Gasteiger partial charge in [-0.2, -0.15) is 4.99 Å². The van der Waals surface area contributed by atoms with Crippen LogP contribution in [0, 0.1) is 6.92 Å². The summed E-state index contributed by atoms with van der Waals surface area (Å²) in [5, 5.41) is 3.29. The summed E-state index contributed by atoms with van der Waals surface area (Å²) in [5.41, 5.74) is 1.56. The van der Waals surface area contributed by atoms with Gasteiger partial charge >= 0.3 is 6.03 Å². The molecule has 1 aliphatic rings. The summed E-state index contributed by atoms with van der Waals surface area (Å²) in [4.78, 5) is 18.1. The van der Waals surface area contributed by atoms with Crippen molar-refractivity contribution < 1.29 is 4.79 Å². The highest BCUT2D eigenvalue weighted by molar-refractivity contribution is 6.34. The van der Waals surface area contributed by atoms with Crippen LogP contribution in [0.2, 0.25) is 5.02 Å². The molecule has 1 heterocycles. The van der Waals surface area contributed by atoms with E-state index in [-0.39, 0.29) is 6.03 Å². The van der Waals surface area contributed by atoms with Gasteiger partial charge in [0, 0.05) is 19.5 Å². The van der Waals surface area contributed by atoms with Crippen molar-refractivity contribution in [2.24, 2.45) is 4.99 Å². The molecular formula is C14H18ClN3O. The molecule has 1 unspecified atom stereocenters. The zero-order chi connectivity index (χ0) is 14.0. The Bertz CT molecular complexity index is 507. The number of hydrogen-bond acceptors (Lipinski definition) is 1. The lowest BCUT2D eigenvalue weighted by atomic mass is 10.2. The minimum Gasteiger partial charge on any atom is -0.360 e. The number of para-hydroxylation sites is 1. The van der Waals surface area contributed by atoms with Crippen LogP contribution in [0.1, 0.15) is 25.3 Å². The molecule has 1 saturated heterocycles. The molecule has 1 atom stereocenters. The van der Waals surface area contributed by atoms with Crippen LogP contribution in [0.25, 0.3) is 0 Å². The second-order valence-corrected chi connectivity index (χ2v) is 5.30. The number of halogens is 1. The smallest absolute Gasteiger partial charge is 0.347 e. The summed E-state index contributed by atoms with van der Waals surface area (Å²) in [7, 11) is 1.96. The van der Waals surface area contributed by atoms with Crippen molar-refractivity contribution in [3.8, 4) is 0 Å². The van der Waals surface area contributed by atoms with Crippen molar-refractivity contribution in [1.29, 1.82) is 0 Å². The number of carbonyl (C=O) groups excluding carboxylic acids is 1. The van der Waals surface area contributed by atoms with Gasteiger partial charge in [-0.3, -0.25) is 0 Å². The van der Waals surface area contributed by atoms with Crippen LogP contribution in [0.5, 0.6) is 0 Å². The summed E-state index contributed by atoms with van der Waals surface area (Å²) in [6, 6.07) is 5.58.